The minimum absolute atomic E-state index is 0.150. The highest BCUT2D eigenvalue weighted by molar-refractivity contribution is 6.01. The predicted molar refractivity (Wildman–Crippen MR) is 72.2 cm³/mol. The molecular weight excluding hydrogens is 258 g/mol. The van der Waals surface area contributed by atoms with Crippen LogP contribution in [-0.4, -0.2) is 17.0 Å². The second kappa shape index (κ2) is 4.70. The van der Waals surface area contributed by atoms with Crippen LogP contribution in [0.25, 0.3) is 0 Å². The number of nitrogens with one attached hydrogen (secondary N) is 1. The third-order valence-corrected chi connectivity index (χ3v) is 3.14. The zero-order valence-corrected chi connectivity index (χ0v) is 10.4. The van der Waals surface area contributed by atoms with E-state index in [1.165, 1.54) is 6.07 Å². The number of cyclic esters (lactones) is 1. The first-order valence-electron chi connectivity index (χ1n) is 6.05. The van der Waals surface area contributed by atoms with E-state index in [9.17, 15) is 9.59 Å². The molecule has 0 unspecified atom stereocenters. The molecule has 1 aliphatic rings. The van der Waals surface area contributed by atoms with Crippen molar-refractivity contribution in [3.8, 4) is 0 Å². The number of para-hydroxylation sites is 1. The number of carboxylic acid groups (broad SMARTS) is 1. The Morgan fingerprint density at radius 2 is 1.85 bits per heavy atom. The molecule has 1 heterocycles. The number of ether oxygens (including phenoxy) is 1. The van der Waals surface area contributed by atoms with Gasteiger partial charge in [-0.25, -0.2) is 9.59 Å². The Kier molecular flexibility index (Phi) is 2.87. The summed E-state index contributed by atoms with van der Waals surface area (Å²) in [5, 5.41) is 12.2. The third-order valence-electron chi connectivity index (χ3n) is 3.14. The topological polar surface area (TPSA) is 75.6 Å². The molecule has 0 atom stereocenters. The molecule has 2 aromatic carbocycles. The number of rotatable bonds is 3. The fraction of sp³-hybridized carbons (Fsp3) is 0.0667. The predicted octanol–water partition coefficient (Wildman–Crippen LogP) is 2.80. The number of carboxylic acids is 1. The number of carbonyl (C=O) groups is 2. The molecule has 0 saturated heterocycles. The van der Waals surface area contributed by atoms with E-state index in [-0.39, 0.29) is 12.2 Å². The average molecular weight is 269 g/mol. The van der Waals surface area contributed by atoms with Crippen LogP contribution < -0.4 is 5.32 Å². The SMILES string of the molecule is O=C(O)c1ccccc1Nc1cccc2c1C(=O)OC2. The molecule has 2 N–H and O–H groups in total. The summed E-state index contributed by atoms with van der Waals surface area (Å²) in [5.41, 5.74) is 2.41. The molecule has 5 heteroatoms. The van der Waals surface area contributed by atoms with Crippen LogP contribution in [0.3, 0.4) is 0 Å². The Labute approximate surface area is 114 Å². The van der Waals surface area contributed by atoms with Crippen molar-refractivity contribution in [3.63, 3.8) is 0 Å². The van der Waals surface area contributed by atoms with Crippen LogP contribution >= 0.6 is 0 Å². The van der Waals surface area contributed by atoms with E-state index in [1.807, 2.05) is 6.07 Å². The summed E-state index contributed by atoms with van der Waals surface area (Å²) in [6.07, 6.45) is 0. The van der Waals surface area contributed by atoms with Crippen molar-refractivity contribution in [1.29, 1.82) is 0 Å². The largest absolute Gasteiger partial charge is 0.478 e. The number of carbonyl (C=O) groups excluding carboxylic acids is 1. The van der Waals surface area contributed by atoms with Crippen LogP contribution in [0.2, 0.25) is 0 Å². The minimum atomic E-state index is -1.02. The van der Waals surface area contributed by atoms with Gasteiger partial charge in [-0.05, 0) is 18.2 Å². The van der Waals surface area contributed by atoms with Gasteiger partial charge >= 0.3 is 11.9 Å². The van der Waals surface area contributed by atoms with Gasteiger partial charge in [0.2, 0.25) is 0 Å². The molecule has 0 spiro atoms. The van der Waals surface area contributed by atoms with E-state index in [4.69, 9.17) is 9.84 Å². The van der Waals surface area contributed by atoms with Crippen molar-refractivity contribution in [2.24, 2.45) is 0 Å². The average Bonchev–Trinajstić information content (AvgIpc) is 2.82. The molecule has 0 saturated carbocycles. The molecule has 0 aromatic heterocycles. The van der Waals surface area contributed by atoms with E-state index in [0.717, 1.165) is 5.56 Å². The number of anilines is 2. The zero-order chi connectivity index (χ0) is 14.1. The van der Waals surface area contributed by atoms with Gasteiger partial charge in [0.25, 0.3) is 0 Å². The molecule has 0 fully saturated rings. The molecule has 100 valence electrons. The summed E-state index contributed by atoms with van der Waals surface area (Å²) in [6.45, 7) is 0.254. The maximum absolute atomic E-state index is 11.7. The van der Waals surface area contributed by atoms with Crippen LogP contribution in [0.4, 0.5) is 11.4 Å². The number of aromatic carboxylic acids is 1. The van der Waals surface area contributed by atoms with Crippen molar-refractivity contribution >= 4 is 23.3 Å². The molecule has 5 nitrogen and oxygen atoms in total. The second-order valence-corrected chi connectivity index (χ2v) is 4.39. The van der Waals surface area contributed by atoms with Crippen molar-refractivity contribution in [1.82, 2.24) is 0 Å². The van der Waals surface area contributed by atoms with Crippen molar-refractivity contribution < 1.29 is 19.4 Å². The van der Waals surface area contributed by atoms with Gasteiger partial charge in [0.15, 0.2) is 0 Å². The van der Waals surface area contributed by atoms with E-state index >= 15 is 0 Å². The fourth-order valence-electron chi connectivity index (χ4n) is 2.20. The number of esters is 1. The van der Waals surface area contributed by atoms with Gasteiger partial charge in [-0.2, -0.15) is 0 Å². The Morgan fingerprint density at radius 3 is 2.65 bits per heavy atom. The third kappa shape index (κ3) is 1.99. The fourth-order valence-corrected chi connectivity index (χ4v) is 2.20. The molecule has 0 radical (unpaired) electrons. The number of benzene rings is 2. The van der Waals surface area contributed by atoms with E-state index < -0.39 is 11.9 Å². The minimum Gasteiger partial charge on any atom is -0.478 e. The first-order chi connectivity index (χ1) is 9.66. The van der Waals surface area contributed by atoms with Gasteiger partial charge in [0.05, 0.1) is 22.5 Å². The molecular formula is C15H11NO4. The van der Waals surface area contributed by atoms with Gasteiger partial charge in [0.1, 0.15) is 6.61 Å². The molecule has 0 aliphatic carbocycles. The number of hydrogen-bond donors (Lipinski definition) is 2. The van der Waals surface area contributed by atoms with Crippen molar-refractivity contribution in [3.05, 3.63) is 59.2 Å². The van der Waals surface area contributed by atoms with Crippen molar-refractivity contribution in [2.75, 3.05) is 5.32 Å². The van der Waals surface area contributed by atoms with Gasteiger partial charge in [-0.3, -0.25) is 0 Å². The molecule has 3 rings (SSSR count). The van der Waals surface area contributed by atoms with E-state index in [0.29, 0.717) is 16.9 Å². The molecule has 2 aromatic rings. The quantitative estimate of drug-likeness (QED) is 0.838. The Balaban J connectivity index is 2.04. The summed E-state index contributed by atoms with van der Waals surface area (Å²) < 4.78 is 4.98. The van der Waals surface area contributed by atoms with Crippen LogP contribution in [0.15, 0.2) is 42.5 Å². The van der Waals surface area contributed by atoms with Gasteiger partial charge in [0, 0.05) is 5.56 Å². The normalized spacial score (nSPS) is 12.7. The lowest BCUT2D eigenvalue weighted by atomic mass is 10.1. The van der Waals surface area contributed by atoms with E-state index in [2.05, 4.69) is 5.32 Å². The highest BCUT2D eigenvalue weighted by atomic mass is 16.5. The molecule has 0 amide bonds. The highest BCUT2D eigenvalue weighted by Gasteiger charge is 2.25. The van der Waals surface area contributed by atoms with Gasteiger partial charge in [-0.15, -0.1) is 0 Å². The van der Waals surface area contributed by atoms with Crippen LogP contribution in [-0.2, 0) is 11.3 Å². The van der Waals surface area contributed by atoms with Crippen molar-refractivity contribution in [2.45, 2.75) is 6.61 Å². The van der Waals surface area contributed by atoms with Gasteiger partial charge < -0.3 is 15.2 Å². The lowest BCUT2D eigenvalue weighted by Crippen LogP contribution is -2.05. The summed E-state index contributed by atoms with van der Waals surface area (Å²) >= 11 is 0. The highest BCUT2D eigenvalue weighted by Crippen LogP contribution is 2.30. The standard InChI is InChI=1S/C15H11NO4/c17-14(18)10-5-1-2-6-11(10)16-12-7-3-4-9-8-20-15(19)13(9)12/h1-7,16H,8H2,(H,17,18). The lowest BCUT2D eigenvalue weighted by Gasteiger charge is -2.11. The number of fused-ring (bicyclic) bond motifs is 1. The van der Waals surface area contributed by atoms with Crippen LogP contribution in [0, 0.1) is 0 Å². The Bertz CT molecular complexity index is 709. The maximum Gasteiger partial charge on any atom is 0.341 e. The molecule has 20 heavy (non-hydrogen) atoms. The second-order valence-electron chi connectivity index (χ2n) is 4.39. The first kappa shape index (κ1) is 12.2. The molecule has 1 aliphatic heterocycles. The van der Waals surface area contributed by atoms with Crippen LogP contribution in [0.1, 0.15) is 26.3 Å². The Morgan fingerprint density at radius 1 is 1.10 bits per heavy atom. The summed E-state index contributed by atoms with van der Waals surface area (Å²) in [5.74, 6) is -1.42. The summed E-state index contributed by atoms with van der Waals surface area (Å²) in [7, 11) is 0. The zero-order valence-electron chi connectivity index (χ0n) is 10.4. The smallest absolute Gasteiger partial charge is 0.341 e. The maximum atomic E-state index is 11.7. The monoisotopic (exact) mass is 269 g/mol. The van der Waals surface area contributed by atoms with E-state index in [1.54, 1.807) is 30.3 Å². The van der Waals surface area contributed by atoms with Gasteiger partial charge in [-0.1, -0.05) is 24.3 Å². The summed E-state index contributed by atoms with van der Waals surface area (Å²) in [6, 6.07) is 11.9. The lowest BCUT2D eigenvalue weighted by molar-refractivity contribution is 0.0535. The van der Waals surface area contributed by atoms with Crippen LogP contribution in [0.5, 0.6) is 0 Å². The Hall–Kier alpha value is -2.82. The number of hydrogen-bond acceptors (Lipinski definition) is 4. The first-order valence-corrected chi connectivity index (χ1v) is 6.05. The summed E-state index contributed by atoms with van der Waals surface area (Å²) in [4.78, 5) is 22.9. The molecule has 0 bridgehead atoms.